The van der Waals surface area contributed by atoms with Crippen LogP contribution < -0.4 is 16.4 Å². The highest BCUT2D eigenvalue weighted by molar-refractivity contribution is 6.00. The van der Waals surface area contributed by atoms with Crippen LogP contribution in [0.1, 0.15) is 19.3 Å². The molecule has 0 fully saturated rings. The molecule has 0 aliphatic carbocycles. The molecule has 6 heteroatoms. The molecule has 0 bridgehead atoms. The molecule has 0 atom stereocenters. The molecule has 0 saturated heterocycles. The van der Waals surface area contributed by atoms with Crippen molar-refractivity contribution in [3.63, 3.8) is 0 Å². The highest BCUT2D eigenvalue weighted by Gasteiger charge is 2.19. The van der Waals surface area contributed by atoms with Gasteiger partial charge in [-0.1, -0.05) is 18.2 Å². The van der Waals surface area contributed by atoms with Crippen LogP contribution in [0.25, 0.3) is 0 Å². The molecule has 1 aliphatic heterocycles. The number of anilines is 1. The van der Waals surface area contributed by atoms with Crippen molar-refractivity contribution in [3.8, 4) is 0 Å². The fourth-order valence-electron chi connectivity index (χ4n) is 2.32. The van der Waals surface area contributed by atoms with Crippen LogP contribution >= 0.6 is 0 Å². The molecular formula is C16H20N4O2. The van der Waals surface area contributed by atoms with E-state index in [0.29, 0.717) is 19.4 Å². The van der Waals surface area contributed by atoms with Crippen molar-refractivity contribution in [3.05, 3.63) is 54.0 Å². The second-order valence-electron chi connectivity index (χ2n) is 4.91. The minimum atomic E-state index is -0.211. The number of Topliss-reactive ketones (excluding diaryl/α,β-unsaturated/α-hetero) is 1. The van der Waals surface area contributed by atoms with Gasteiger partial charge in [0.2, 0.25) is 0 Å². The first-order valence-electron chi connectivity index (χ1n) is 7.15. The van der Waals surface area contributed by atoms with Gasteiger partial charge in [-0.05, 0) is 25.0 Å². The SMILES string of the molecule is N/C=C1/N=C(\O)N(c2ccccc2)CCCCC(=O)/C1=C/N. The smallest absolute Gasteiger partial charge is 0.294 e. The number of nitrogens with zero attached hydrogens (tertiary/aromatic N) is 2. The molecule has 1 heterocycles. The number of ketones is 1. The van der Waals surface area contributed by atoms with E-state index in [1.807, 2.05) is 30.3 Å². The Kier molecular flexibility index (Phi) is 5.19. The predicted molar refractivity (Wildman–Crippen MR) is 87.3 cm³/mol. The van der Waals surface area contributed by atoms with Crippen LogP contribution in [0.4, 0.5) is 5.69 Å². The number of rotatable bonds is 1. The summed E-state index contributed by atoms with van der Waals surface area (Å²) in [4.78, 5) is 17.9. The van der Waals surface area contributed by atoms with Crippen molar-refractivity contribution in [1.29, 1.82) is 0 Å². The lowest BCUT2D eigenvalue weighted by atomic mass is 10.0. The molecule has 1 aromatic rings. The van der Waals surface area contributed by atoms with E-state index in [1.54, 1.807) is 4.90 Å². The van der Waals surface area contributed by atoms with Crippen LogP contribution in [0, 0.1) is 0 Å². The van der Waals surface area contributed by atoms with Crippen LogP contribution in [-0.2, 0) is 4.79 Å². The largest absolute Gasteiger partial charge is 0.480 e. The van der Waals surface area contributed by atoms with Crippen molar-refractivity contribution >= 4 is 17.5 Å². The first-order valence-corrected chi connectivity index (χ1v) is 7.15. The Hall–Kier alpha value is -2.76. The summed E-state index contributed by atoms with van der Waals surface area (Å²) in [5, 5.41) is 10.3. The van der Waals surface area contributed by atoms with Gasteiger partial charge in [-0.15, -0.1) is 0 Å². The van der Waals surface area contributed by atoms with Gasteiger partial charge in [0.05, 0.1) is 11.3 Å². The third kappa shape index (κ3) is 3.46. The second kappa shape index (κ2) is 7.31. The molecule has 22 heavy (non-hydrogen) atoms. The van der Waals surface area contributed by atoms with Gasteiger partial charge in [0.15, 0.2) is 5.78 Å². The number of carbonyl (C=O) groups excluding carboxylic acids is 1. The average Bonchev–Trinajstić information content (AvgIpc) is 2.54. The van der Waals surface area contributed by atoms with E-state index in [4.69, 9.17) is 11.5 Å². The van der Waals surface area contributed by atoms with Gasteiger partial charge >= 0.3 is 0 Å². The van der Waals surface area contributed by atoms with E-state index in [2.05, 4.69) is 4.99 Å². The van der Waals surface area contributed by atoms with E-state index >= 15 is 0 Å². The van der Waals surface area contributed by atoms with Gasteiger partial charge in [-0.25, -0.2) is 0 Å². The minimum absolute atomic E-state index is 0.121. The average molecular weight is 300 g/mol. The first kappa shape index (κ1) is 15.6. The third-order valence-electron chi connectivity index (χ3n) is 3.47. The highest BCUT2D eigenvalue weighted by atomic mass is 16.3. The van der Waals surface area contributed by atoms with Gasteiger partial charge in [0.1, 0.15) is 0 Å². The lowest BCUT2D eigenvalue weighted by molar-refractivity contribution is -0.115. The standard InChI is InChI=1S/C16H20N4O2/c17-10-13-14(11-18)19-16(22)20(9-5-4-8-15(13)21)12-6-2-1-3-7-12/h1-3,6-7,10-11H,4-5,8-9,17-18H2,(H,19,22)/b13-10+,14-11+. The molecule has 0 amide bonds. The molecule has 2 rings (SSSR count). The number of para-hydroxylation sites is 1. The summed E-state index contributed by atoms with van der Waals surface area (Å²) in [6, 6.07) is 9.23. The molecule has 0 unspecified atom stereocenters. The first-order chi connectivity index (χ1) is 10.7. The van der Waals surface area contributed by atoms with Crippen LogP contribution in [-0.4, -0.2) is 23.5 Å². The van der Waals surface area contributed by atoms with Crippen LogP contribution in [0.15, 0.2) is 59.0 Å². The van der Waals surface area contributed by atoms with Crippen molar-refractivity contribution < 1.29 is 9.90 Å². The third-order valence-corrected chi connectivity index (χ3v) is 3.47. The van der Waals surface area contributed by atoms with Crippen molar-refractivity contribution in [2.24, 2.45) is 16.5 Å². The number of aliphatic hydroxyl groups is 1. The molecule has 0 spiro atoms. The molecule has 1 aliphatic rings. The number of allylic oxidation sites excluding steroid dienone is 1. The normalized spacial score (nSPS) is 23.4. The monoisotopic (exact) mass is 300 g/mol. The number of carbonyl (C=O) groups is 1. The zero-order valence-electron chi connectivity index (χ0n) is 12.3. The van der Waals surface area contributed by atoms with E-state index < -0.39 is 0 Å². The Bertz CT molecular complexity index is 620. The number of benzene rings is 1. The predicted octanol–water partition coefficient (Wildman–Crippen LogP) is 1.80. The fraction of sp³-hybridized carbons (Fsp3) is 0.250. The minimum Gasteiger partial charge on any atom is -0.480 e. The highest BCUT2D eigenvalue weighted by Crippen LogP contribution is 2.20. The molecule has 0 saturated carbocycles. The van der Waals surface area contributed by atoms with Crippen molar-refractivity contribution in [2.75, 3.05) is 11.4 Å². The van der Waals surface area contributed by atoms with Gasteiger partial charge in [-0.3, -0.25) is 9.69 Å². The van der Waals surface area contributed by atoms with Crippen LogP contribution in [0.2, 0.25) is 0 Å². The molecule has 116 valence electrons. The van der Waals surface area contributed by atoms with E-state index in [9.17, 15) is 9.90 Å². The number of nitrogens with two attached hydrogens (primary N) is 2. The zero-order valence-corrected chi connectivity index (χ0v) is 12.3. The van der Waals surface area contributed by atoms with Crippen molar-refractivity contribution in [1.82, 2.24) is 0 Å². The lowest BCUT2D eigenvalue weighted by Gasteiger charge is -2.23. The van der Waals surface area contributed by atoms with Gasteiger partial charge in [0.25, 0.3) is 6.02 Å². The quantitative estimate of drug-likeness (QED) is 0.686. The summed E-state index contributed by atoms with van der Waals surface area (Å²) in [6.45, 7) is 0.562. The number of hydrogen-bond donors (Lipinski definition) is 3. The van der Waals surface area contributed by atoms with E-state index in [1.165, 1.54) is 12.4 Å². The molecule has 0 aromatic heterocycles. The Morgan fingerprint density at radius 1 is 1.14 bits per heavy atom. The van der Waals surface area contributed by atoms with Gasteiger partial charge in [0, 0.05) is 31.1 Å². The maximum absolute atomic E-state index is 12.1. The Balaban J connectivity index is 2.43. The molecule has 0 radical (unpaired) electrons. The number of aliphatic imine (C=N–C) groups is 1. The second-order valence-corrected chi connectivity index (χ2v) is 4.91. The summed E-state index contributed by atoms with van der Waals surface area (Å²) in [6.07, 6.45) is 4.19. The fourth-order valence-corrected chi connectivity index (χ4v) is 2.32. The van der Waals surface area contributed by atoms with Crippen molar-refractivity contribution in [2.45, 2.75) is 19.3 Å². The van der Waals surface area contributed by atoms with Crippen LogP contribution in [0.5, 0.6) is 0 Å². The number of amidine groups is 1. The summed E-state index contributed by atoms with van der Waals surface area (Å²) >= 11 is 0. The van der Waals surface area contributed by atoms with Gasteiger partial charge < -0.3 is 16.6 Å². The Morgan fingerprint density at radius 2 is 1.86 bits per heavy atom. The maximum Gasteiger partial charge on any atom is 0.294 e. The summed E-state index contributed by atoms with van der Waals surface area (Å²) in [7, 11) is 0. The van der Waals surface area contributed by atoms with Crippen LogP contribution in [0.3, 0.4) is 0 Å². The number of hydrogen-bond acceptors (Lipinski definition) is 5. The Morgan fingerprint density at radius 3 is 2.50 bits per heavy atom. The molecule has 5 N–H and O–H groups in total. The topological polar surface area (TPSA) is 105 Å². The molecule has 6 nitrogen and oxygen atoms in total. The molecule has 1 aromatic carbocycles. The number of aliphatic hydroxyl groups excluding tert-OH is 1. The van der Waals surface area contributed by atoms with Gasteiger partial charge in [-0.2, -0.15) is 4.99 Å². The maximum atomic E-state index is 12.1. The van der Waals surface area contributed by atoms with E-state index in [-0.39, 0.29) is 23.1 Å². The summed E-state index contributed by atoms with van der Waals surface area (Å²) in [5.41, 5.74) is 12.3. The zero-order chi connectivity index (χ0) is 15.9. The summed E-state index contributed by atoms with van der Waals surface area (Å²) in [5.74, 6) is -0.121. The molecular weight excluding hydrogens is 280 g/mol. The lowest BCUT2D eigenvalue weighted by Crippen LogP contribution is -2.32. The Labute approximate surface area is 129 Å². The summed E-state index contributed by atoms with van der Waals surface area (Å²) < 4.78 is 0. The van der Waals surface area contributed by atoms with E-state index in [0.717, 1.165) is 12.1 Å².